The first kappa shape index (κ1) is 16.6. The third-order valence-electron chi connectivity index (χ3n) is 2.53. The van der Waals surface area contributed by atoms with Gasteiger partial charge in [0.15, 0.2) is 4.84 Å². The lowest BCUT2D eigenvalue weighted by atomic mass is 10.0. The van der Waals surface area contributed by atoms with E-state index >= 15 is 0 Å². The number of aliphatic hydroxyl groups is 1. The maximum Gasteiger partial charge on any atom is 0.275 e. The zero-order valence-electron chi connectivity index (χ0n) is 10.0. The van der Waals surface area contributed by atoms with E-state index in [4.69, 9.17) is 28.3 Å². The Labute approximate surface area is 124 Å². The summed E-state index contributed by atoms with van der Waals surface area (Å²) in [6.45, 7) is -0.702. The van der Waals surface area contributed by atoms with Gasteiger partial charge in [-0.15, -0.1) is 0 Å². The van der Waals surface area contributed by atoms with Gasteiger partial charge in [-0.05, 0) is 6.07 Å². The summed E-state index contributed by atoms with van der Waals surface area (Å²) in [6.07, 6.45) is -1.72. The van der Waals surface area contributed by atoms with Crippen LogP contribution in [0, 0.1) is 10.1 Å². The minimum absolute atomic E-state index is 0.141. The second-order valence-electron chi connectivity index (χ2n) is 3.83. The Kier molecular flexibility index (Phi) is 6.15. The quantitative estimate of drug-likeness (QED) is 0.467. The molecule has 1 amide bonds. The Morgan fingerprint density at radius 2 is 2.00 bits per heavy atom. The highest BCUT2D eigenvalue weighted by Gasteiger charge is 2.30. The lowest BCUT2D eigenvalue weighted by molar-refractivity contribution is -0.386. The molecule has 109 valence electrons. The van der Waals surface area contributed by atoms with Crippen LogP contribution in [0.4, 0.5) is 5.69 Å². The lowest BCUT2D eigenvalue weighted by Gasteiger charge is -2.21. The molecule has 7 nitrogen and oxygen atoms in total. The van der Waals surface area contributed by atoms with Crippen molar-refractivity contribution in [2.45, 2.75) is 17.0 Å². The SMILES string of the molecule is [O]C(c1ccccc1[N+](=O)[O-])C(CO)NC(=O)C(Cl)Cl. The van der Waals surface area contributed by atoms with E-state index in [1.54, 1.807) is 0 Å². The summed E-state index contributed by atoms with van der Waals surface area (Å²) in [5.74, 6) is -0.855. The van der Waals surface area contributed by atoms with Gasteiger partial charge in [0.2, 0.25) is 0 Å². The number of hydrogen-bond acceptors (Lipinski definition) is 4. The maximum atomic E-state index is 12.2. The first-order valence-electron chi connectivity index (χ1n) is 5.47. The molecule has 0 aliphatic heterocycles. The standard InChI is InChI=1S/C11H11Cl2N2O5/c12-10(13)11(18)14-7(5-16)9(17)6-3-1-2-4-8(6)15(19)20/h1-4,7,9-10,16H,5H2,(H,14,18). The van der Waals surface area contributed by atoms with E-state index in [1.165, 1.54) is 24.3 Å². The summed E-state index contributed by atoms with van der Waals surface area (Å²) < 4.78 is 0. The zero-order chi connectivity index (χ0) is 15.3. The Bertz CT molecular complexity index is 497. The van der Waals surface area contributed by atoms with E-state index in [9.17, 15) is 20.0 Å². The average Bonchev–Trinajstić information content (AvgIpc) is 2.43. The number of nitro groups is 1. The van der Waals surface area contributed by atoms with Crippen molar-refractivity contribution in [1.82, 2.24) is 5.32 Å². The average molecular weight is 322 g/mol. The Morgan fingerprint density at radius 1 is 1.40 bits per heavy atom. The topological polar surface area (TPSA) is 112 Å². The number of nitrogens with zero attached hydrogens (tertiary/aromatic N) is 1. The number of alkyl halides is 2. The highest BCUT2D eigenvalue weighted by Crippen LogP contribution is 2.27. The van der Waals surface area contributed by atoms with E-state index in [0.29, 0.717) is 0 Å². The van der Waals surface area contributed by atoms with Gasteiger partial charge in [-0.25, -0.2) is 5.11 Å². The number of amides is 1. The molecule has 0 saturated heterocycles. The number of aliphatic hydroxyl groups excluding tert-OH is 1. The number of para-hydroxylation sites is 1. The van der Waals surface area contributed by atoms with Crippen LogP contribution < -0.4 is 5.32 Å². The number of hydrogen-bond donors (Lipinski definition) is 2. The van der Waals surface area contributed by atoms with Gasteiger partial charge in [0.1, 0.15) is 6.10 Å². The normalized spacial score (nSPS) is 13.8. The first-order chi connectivity index (χ1) is 9.38. The first-order valence-corrected chi connectivity index (χ1v) is 6.34. The molecule has 2 atom stereocenters. The van der Waals surface area contributed by atoms with Gasteiger partial charge < -0.3 is 10.4 Å². The Balaban J connectivity index is 2.99. The molecule has 2 N–H and O–H groups in total. The smallest absolute Gasteiger partial charge is 0.275 e. The molecule has 1 aromatic carbocycles. The van der Waals surface area contributed by atoms with Gasteiger partial charge in [-0.1, -0.05) is 35.3 Å². The number of nitro benzene ring substituents is 1. The maximum absolute atomic E-state index is 12.2. The number of carbonyl (C=O) groups is 1. The third-order valence-corrected chi connectivity index (χ3v) is 2.92. The number of rotatable bonds is 6. The molecule has 0 spiro atoms. The summed E-state index contributed by atoms with van der Waals surface area (Å²) in [4.78, 5) is 20.0. The number of carbonyl (C=O) groups excluding carboxylic acids is 1. The van der Waals surface area contributed by atoms with Crippen molar-refractivity contribution in [2.24, 2.45) is 0 Å². The fourth-order valence-electron chi connectivity index (χ4n) is 1.57. The number of nitrogens with one attached hydrogen (secondary N) is 1. The summed E-state index contributed by atoms with van der Waals surface area (Å²) >= 11 is 10.6. The second-order valence-corrected chi connectivity index (χ2v) is 4.93. The highest BCUT2D eigenvalue weighted by molar-refractivity contribution is 6.53. The minimum atomic E-state index is -1.72. The van der Waals surface area contributed by atoms with Crippen LogP contribution in [0.5, 0.6) is 0 Å². The van der Waals surface area contributed by atoms with E-state index in [0.717, 1.165) is 0 Å². The van der Waals surface area contributed by atoms with Crippen molar-refractivity contribution < 1.29 is 19.9 Å². The summed E-state index contributed by atoms with van der Waals surface area (Å²) in [6, 6.07) is 4.03. The summed E-state index contributed by atoms with van der Waals surface area (Å²) in [5.41, 5.74) is -0.522. The molecule has 0 aliphatic carbocycles. The summed E-state index contributed by atoms with van der Waals surface area (Å²) in [5, 5.41) is 34.3. The predicted octanol–water partition coefficient (Wildman–Crippen LogP) is 1.35. The van der Waals surface area contributed by atoms with Crippen LogP contribution in [0.1, 0.15) is 11.7 Å². The van der Waals surface area contributed by atoms with Crippen LogP contribution in [0.25, 0.3) is 0 Å². The largest absolute Gasteiger partial charge is 0.394 e. The zero-order valence-corrected chi connectivity index (χ0v) is 11.5. The fourth-order valence-corrected chi connectivity index (χ4v) is 1.70. The molecule has 1 radical (unpaired) electrons. The molecule has 2 unspecified atom stereocenters. The Morgan fingerprint density at radius 3 is 2.50 bits per heavy atom. The van der Waals surface area contributed by atoms with Crippen molar-refractivity contribution in [3.63, 3.8) is 0 Å². The molecule has 9 heteroatoms. The van der Waals surface area contributed by atoms with Crippen LogP contribution in [-0.2, 0) is 9.90 Å². The van der Waals surface area contributed by atoms with E-state index < -0.39 is 34.4 Å². The summed E-state index contributed by atoms with van der Waals surface area (Å²) in [7, 11) is 0. The van der Waals surface area contributed by atoms with E-state index in [-0.39, 0.29) is 11.3 Å². The van der Waals surface area contributed by atoms with Gasteiger partial charge in [0, 0.05) is 6.07 Å². The van der Waals surface area contributed by atoms with Crippen molar-refractivity contribution in [3.8, 4) is 0 Å². The molecule has 0 saturated carbocycles. The van der Waals surface area contributed by atoms with Crippen LogP contribution in [0.2, 0.25) is 0 Å². The van der Waals surface area contributed by atoms with E-state index in [2.05, 4.69) is 5.32 Å². The number of benzene rings is 1. The third kappa shape index (κ3) is 4.04. The molecule has 0 aromatic heterocycles. The van der Waals surface area contributed by atoms with Crippen LogP contribution in [-0.4, -0.2) is 33.4 Å². The van der Waals surface area contributed by atoms with Gasteiger partial charge in [0.25, 0.3) is 11.6 Å². The van der Waals surface area contributed by atoms with Crippen molar-refractivity contribution >= 4 is 34.8 Å². The van der Waals surface area contributed by atoms with Crippen LogP contribution >= 0.6 is 23.2 Å². The van der Waals surface area contributed by atoms with Gasteiger partial charge in [-0.2, -0.15) is 0 Å². The van der Waals surface area contributed by atoms with Gasteiger partial charge in [-0.3, -0.25) is 14.9 Å². The molecule has 0 heterocycles. The van der Waals surface area contributed by atoms with E-state index in [1.807, 2.05) is 0 Å². The van der Waals surface area contributed by atoms with Crippen molar-refractivity contribution in [3.05, 3.63) is 39.9 Å². The number of halogens is 2. The molecular formula is C11H11Cl2N2O5. The molecule has 20 heavy (non-hydrogen) atoms. The predicted molar refractivity (Wildman–Crippen MR) is 71.0 cm³/mol. The Hall–Kier alpha value is -1.41. The molecular weight excluding hydrogens is 311 g/mol. The van der Waals surface area contributed by atoms with Gasteiger partial charge >= 0.3 is 0 Å². The molecule has 0 bridgehead atoms. The fraction of sp³-hybridized carbons (Fsp3) is 0.364. The van der Waals surface area contributed by atoms with Crippen LogP contribution in [0.15, 0.2) is 24.3 Å². The minimum Gasteiger partial charge on any atom is -0.394 e. The molecule has 1 rings (SSSR count). The van der Waals surface area contributed by atoms with Crippen LogP contribution in [0.3, 0.4) is 0 Å². The van der Waals surface area contributed by atoms with Gasteiger partial charge in [0.05, 0.1) is 23.1 Å². The monoisotopic (exact) mass is 321 g/mol. The highest BCUT2D eigenvalue weighted by atomic mass is 35.5. The lowest BCUT2D eigenvalue weighted by Crippen LogP contribution is -2.43. The molecule has 1 aromatic rings. The molecule has 0 aliphatic rings. The van der Waals surface area contributed by atoms with Crippen molar-refractivity contribution in [1.29, 1.82) is 0 Å². The second kappa shape index (κ2) is 7.39. The molecule has 0 fully saturated rings. The van der Waals surface area contributed by atoms with Crippen molar-refractivity contribution in [2.75, 3.05) is 6.61 Å².